The smallest absolute Gasteiger partial charge is 0.319 e. The van der Waals surface area contributed by atoms with Gasteiger partial charge in [0.15, 0.2) is 9.84 Å². The second-order valence-electron chi connectivity index (χ2n) is 5.48. The second-order valence-corrected chi connectivity index (χ2v) is 7.43. The van der Waals surface area contributed by atoms with Gasteiger partial charge < -0.3 is 15.4 Å². The number of sulfone groups is 1. The lowest BCUT2D eigenvalue weighted by Gasteiger charge is -2.20. The molecule has 2 N–H and O–H groups in total. The van der Waals surface area contributed by atoms with E-state index >= 15 is 0 Å². The van der Waals surface area contributed by atoms with Gasteiger partial charge in [-0.05, 0) is 31.9 Å². The van der Waals surface area contributed by atoms with Gasteiger partial charge in [-0.1, -0.05) is 0 Å². The number of anilines is 1. The number of rotatable bonds is 4. The molecule has 1 aliphatic heterocycles. The summed E-state index contributed by atoms with van der Waals surface area (Å²) in [7, 11) is -4.03. The van der Waals surface area contributed by atoms with Crippen molar-refractivity contribution in [1.82, 2.24) is 5.32 Å². The monoisotopic (exact) mass is 348 g/mol. The maximum absolute atomic E-state index is 13.8. The van der Waals surface area contributed by atoms with Crippen LogP contribution in [0.2, 0.25) is 0 Å². The van der Waals surface area contributed by atoms with Crippen LogP contribution in [0, 0.1) is 11.6 Å². The zero-order valence-electron chi connectivity index (χ0n) is 12.7. The molecule has 1 saturated heterocycles. The van der Waals surface area contributed by atoms with Crippen molar-refractivity contribution in [2.45, 2.75) is 36.8 Å². The molecule has 23 heavy (non-hydrogen) atoms. The van der Waals surface area contributed by atoms with Gasteiger partial charge in [0.05, 0.1) is 12.1 Å². The Balaban J connectivity index is 2.07. The average molecular weight is 348 g/mol. The molecule has 1 fully saturated rings. The topological polar surface area (TPSA) is 84.5 Å². The minimum absolute atomic E-state index is 0.0955. The lowest BCUT2D eigenvalue weighted by atomic mass is 10.1. The minimum Gasteiger partial charge on any atom is -0.376 e. The van der Waals surface area contributed by atoms with Crippen molar-refractivity contribution >= 4 is 21.6 Å². The Labute approximate surface area is 133 Å². The van der Waals surface area contributed by atoms with E-state index in [1.54, 1.807) is 6.92 Å². The van der Waals surface area contributed by atoms with Crippen LogP contribution in [0.3, 0.4) is 0 Å². The normalized spacial score (nSPS) is 19.4. The van der Waals surface area contributed by atoms with Gasteiger partial charge >= 0.3 is 6.03 Å². The summed E-state index contributed by atoms with van der Waals surface area (Å²) in [4.78, 5) is 10.8. The van der Waals surface area contributed by atoms with Gasteiger partial charge in [0.25, 0.3) is 0 Å². The molecule has 0 bridgehead atoms. The number of urea groups is 1. The summed E-state index contributed by atoms with van der Waals surface area (Å²) in [6, 6.07) is 0.604. The van der Waals surface area contributed by atoms with E-state index in [9.17, 15) is 22.0 Å². The van der Waals surface area contributed by atoms with Crippen molar-refractivity contribution in [3.63, 3.8) is 0 Å². The molecule has 9 heteroatoms. The van der Waals surface area contributed by atoms with E-state index in [1.165, 1.54) is 0 Å². The quantitative estimate of drug-likeness (QED) is 0.872. The van der Waals surface area contributed by atoms with Gasteiger partial charge in [-0.2, -0.15) is 0 Å². The predicted molar refractivity (Wildman–Crippen MR) is 80.1 cm³/mol. The van der Waals surface area contributed by atoms with Gasteiger partial charge in [0.2, 0.25) is 0 Å². The highest BCUT2D eigenvalue weighted by molar-refractivity contribution is 7.90. The Kier molecular flexibility index (Phi) is 5.20. The number of benzene rings is 1. The lowest BCUT2D eigenvalue weighted by Crippen LogP contribution is -2.43. The Hall–Kier alpha value is -1.74. The van der Waals surface area contributed by atoms with Crippen LogP contribution in [0.5, 0.6) is 0 Å². The van der Waals surface area contributed by atoms with Crippen LogP contribution in [-0.4, -0.2) is 39.5 Å². The molecule has 2 amide bonds. The molecule has 0 spiro atoms. The third-order valence-electron chi connectivity index (χ3n) is 3.51. The van der Waals surface area contributed by atoms with Crippen LogP contribution in [0.15, 0.2) is 17.0 Å². The number of hydrogen-bond acceptors (Lipinski definition) is 4. The lowest BCUT2D eigenvalue weighted by molar-refractivity contribution is 0.0868. The Morgan fingerprint density at radius 3 is 2.43 bits per heavy atom. The zero-order valence-corrected chi connectivity index (χ0v) is 13.5. The fourth-order valence-corrected chi connectivity index (χ4v) is 3.28. The third-order valence-corrected chi connectivity index (χ3v) is 4.64. The van der Waals surface area contributed by atoms with E-state index in [0.29, 0.717) is 12.9 Å². The summed E-state index contributed by atoms with van der Waals surface area (Å²) in [6.45, 7) is 2.41. The summed E-state index contributed by atoms with van der Waals surface area (Å²) in [5.74, 6) is -2.51. The van der Waals surface area contributed by atoms with Crippen LogP contribution < -0.4 is 10.6 Å². The van der Waals surface area contributed by atoms with E-state index in [2.05, 4.69) is 10.6 Å². The first-order chi connectivity index (χ1) is 10.7. The number of nitrogens with one attached hydrogen (secondary N) is 2. The van der Waals surface area contributed by atoms with Crippen molar-refractivity contribution in [2.75, 3.05) is 18.2 Å². The largest absolute Gasteiger partial charge is 0.376 e. The predicted octanol–water partition coefficient (Wildman–Crippen LogP) is 2.06. The highest BCUT2D eigenvalue weighted by atomic mass is 32.2. The maximum Gasteiger partial charge on any atom is 0.319 e. The average Bonchev–Trinajstić information content (AvgIpc) is 2.89. The SMILES string of the molecule is CC(NC(=O)Nc1cc(F)c(S(C)(=O)=O)c(F)c1)C1CCCO1. The number of amides is 2. The summed E-state index contributed by atoms with van der Waals surface area (Å²) >= 11 is 0. The molecule has 0 saturated carbocycles. The first kappa shape index (κ1) is 17.6. The number of halogens is 2. The summed E-state index contributed by atoms with van der Waals surface area (Å²) in [5, 5.41) is 4.89. The fourth-order valence-electron chi connectivity index (χ4n) is 2.45. The molecule has 1 aromatic rings. The second kappa shape index (κ2) is 6.79. The third kappa shape index (κ3) is 4.38. The number of ether oxygens (including phenoxy) is 1. The van der Waals surface area contributed by atoms with Crippen LogP contribution in [0.4, 0.5) is 19.3 Å². The number of carbonyl (C=O) groups excluding carboxylic acids is 1. The molecular weight excluding hydrogens is 330 g/mol. The highest BCUT2D eigenvalue weighted by Gasteiger charge is 2.24. The van der Waals surface area contributed by atoms with Crippen molar-refractivity contribution in [2.24, 2.45) is 0 Å². The summed E-state index contributed by atoms with van der Waals surface area (Å²) < 4.78 is 55.6. The van der Waals surface area contributed by atoms with Crippen LogP contribution in [0.1, 0.15) is 19.8 Å². The molecule has 1 heterocycles. The molecule has 0 aliphatic carbocycles. The van der Waals surface area contributed by atoms with Gasteiger partial charge in [-0.25, -0.2) is 22.0 Å². The van der Waals surface area contributed by atoms with E-state index in [1.807, 2.05) is 0 Å². The maximum atomic E-state index is 13.8. The summed E-state index contributed by atoms with van der Waals surface area (Å²) in [5.41, 5.74) is -0.176. The van der Waals surface area contributed by atoms with Gasteiger partial charge in [-0.3, -0.25) is 0 Å². The standard InChI is InChI=1S/C14H18F2N2O4S/c1-8(12-4-3-5-22-12)17-14(19)18-9-6-10(15)13(11(16)7-9)23(2,20)21/h6-8,12H,3-5H2,1-2H3,(H2,17,18,19). The first-order valence-corrected chi connectivity index (χ1v) is 8.96. The molecule has 0 aromatic heterocycles. The molecule has 0 radical (unpaired) electrons. The van der Waals surface area contributed by atoms with E-state index in [4.69, 9.17) is 4.74 Å². The Bertz CT molecular complexity index is 680. The minimum atomic E-state index is -4.03. The van der Waals surface area contributed by atoms with Crippen molar-refractivity contribution in [3.05, 3.63) is 23.8 Å². The van der Waals surface area contributed by atoms with E-state index < -0.39 is 32.4 Å². The van der Waals surface area contributed by atoms with Crippen molar-refractivity contribution < 1.29 is 26.7 Å². The molecule has 2 atom stereocenters. The molecule has 1 aliphatic rings. The zero-order chi connectivity index (χ0) is 17.2. The number of carbonyl (C=O) groups is 1. The van der Waals surface area contributed by atoms with E-state index in [-0.39, 0.29) is 17.8 Å². The van der Waals surface area contributed by atoms with Crippen molar-refractivity contribution in [3.8, 4) is 0 Å². The molecule has 1 aromatic carbocycles. The highest BCUT2D eigenvalue weighted by Crippen LogP contribution is 2.23. The van der Waals surface area contributed by atoms with Crippen LogP contribution in [0.25, 0.3) is 0 Å². The first-order valence-electron chi connectivity index (χ1n) is 7.06. The summed E-state index contributed by atoms with van der Waals surface area (Å²) in [6.07, 6.45) is 2.36. The fraction of sp³-hybridized carbons (Fsp3) is 0.500. The number of hydrogen-bond donors (Lipinski definition) is 2. The molecular formula is C14H18F2N2O4S. The van der Waals surface area contributed by atoms with Gasteiger partial charge in [-0.15, -0.1) is 0 Å². The molecule has 2 rings (SSSR count). The van der Waals surface area contributed by atoms with Gasteiger partial charge in [0.1, 0.15) is 16.5 Å². The van der Waals surface area contributed by atoms with E-state index in [0.717, 1.165) is 25.0 Å². The van der Waals surface area contributed by atoms with Crippen LogP contribution >= 0.6 is 0 Å². The Morgan fingerprint density at radius 2 is 1.96 bits per heavy atom. The molecule has 128 valence electrons. The van der Waals surface area contributed by atoms with Gasteiger partial charge in [0, 0.05) is 18.6 Å². The molecule has 2 unspecified atom stereocenters. The van der Waals surface area contributed by atoms with Crippen LogP contribution in [-0.2, 0) is 14.6 Å². The molecule has 6 nitrogen and oxygen atoms in total. The Morgan fingerprint density at radius 1 is 1.35 bits per heavy atom. The van der Waals surface area contributed by atoms with Crippen molar-refractivity contribution in [1.29, 1.82) is 0 Å².